The van der Waals surface area contributed by atoms with E-state index in [2.05, 4.69) is 22.4 Å². The molecule has 0 saturated heterocycles. The summed E-state index contributed by atoms with van der Waals surface area (Å²) in [4.78, 5) is 36.0. The lowest BCUT2D eigenvalue weighted by molar-refractivity contribution is -0.116. The Bertz CT molecular complexity index is 1460. The second-order valence-electron chi connectivity index (χ2n) is 7.85. The van der Waals surface area contributed by atoms with Crippen LogP contribution in [0.2, 0.25) is 5.02 Å². The number of hydrogen-bond acceptors (Lipinski definition) is 5. The molecule has 168 valence electrons. The number of nitrogens with one attached hydrogen (secondary N) is 2. The molecule has 0 aliphatic carbocycles. The monoisotopic (exact) mass is 462 g/mol. The number of aliphatic imine (C=N–C) groups is 1. The summed E-state index contributed by atoms with van der Waals surface area (Å²) >= 11 is 5.94. The topological polar surface area (TPSA) is 84.7 Å². The molecule has 2 aromatic carbocycles. The number of nitrogens with zero attached hydrogens (tertiary/aromatic N) is 2. The van der Waals surface area contributed by atoms with Crippen LogP contribution in [0.5, 0.6) is 0 Å². The summed E-state index contributed by atoms with van der Waals surface area (Å²) < 4.78 is 1.39. The van der Waals surface area contributed by atoms with Gasteiger partial charge in [0.05, 0.1) is 0 Å². The molecule has 8 heteroatoms. The third-order valence-electron chi connectivity index (χ3n) is 5.56. The third kappa shape index (κ3) is 4.54. The molecule has 0 saturated carbocycles. The number of carbonyl (C=O) groups excluding carboxylic acids is 1. The van der Waals surface area contributed by atoms with Crippen LogP contribution in [0.15, 0.2) is 58.3 Å². The van der Waals surface area contributed by atoms with Gasteiger partial charge in [-0.2, -0.15) is 4.99 Å². The van der Waals surface area contributed by atoms with E-state index in [1.54, 1.807) is 37.3 Å². The first-order valence-corrected chi connectivity index (χ1v) is 10.7. The van der Waals surface area contributed by atoms with Crippen LogP contribution in [0, 0.1) is 20.8 Å². The maximum absolute atomic E-state index is 13.3. The van der Waals surface area contributed by atoms with Gasteiger partial charge in [0.2, 0.25) is 5.91 Å². The van der Waals surface area contributed by atoms with Gasteiger partial charge in [-0.25, -0.2) is 5.48 Å². The van der Waals surface area contributed by atoms with Crippen molar-refractivity contribution in [3.05, 3.63) is 96.7 Å². The van der Waals surface area contributed by atoms with Crippen molar-refractivity contribution in [2.75, 3.05) is 5.32 Å². The number of hydrogen-bond donors (Lipinski definition) is 2. The molecule has 3 aromatic rings. The summed E-state index contributed by atoms with van der Waals surface area (Å²) in [6, 6.07) is 14.5. The maximum Gasteiger partial charge on any atom is 0.264 e. The molecule has 1 aromatic heterocycles. The van der Waals surface area contributed by atoms with Crippen molar-refractivity contribution in [3.63, 3.8) is 0 Å². The molecule has 0 spiro atoms. The fraction of sp³-hybridized carbons (Fsp3) is 0.160. The van der Waals surface area contributed by atoms with E-state index >= 15 is 0 Å². The van der Waals surface area contributed by atoms with E-state index in [-0.39, 0.29) is 23.6 Å². The number of pyridine rings is 1. The van der Waals surface area contributed by atoms with Crippen molar-refractivity contribution >= 4 is 41.5 Å². The Balaban J connectivity index is 1.70. The molecule has 1 amide bonds. The van der Waals surface area contributed by atoms with Crippen molar-refractivity contribution in [1.29, 1.82) is 0 Å². The van der Waals surface area contributed by atoms with Gasteiger partial charge in [0.1, 0.15) is 11.8 Å². The Morgan fingerprint density at radius 3 is 2.64 bits per heavy atom. The Morgan fingerprint density at radius 2 is 1.91 bits per heavy atom. The molecule has 0 atom stereocenters. The van der Waals surface area contributed by atoms with Crippen LogP contribution in [-0.2, 0) is 16.2 Å². The van der Waals surface area contributed by atoms with Crippen molar-refractivity contribution < 1.29 is 9.63 Å². The number of aromatic nitrogens is 1. The standard InChI is InChI=1S/C25H23ClN4O3/c1-14-6-5-7-20(17(14)4)27-21(31)13-30-16(3)12-15(2)22(25(30)32)24-28-23(29-33-24)18-8-10-19(26)11-9-18/h5-12H,2,13H2,1,3-4H3,(H,27,31)(H,28,29). The van der Waals surface area contributed by atoms with Gasteiger partial charge in [-0.1, -0.05) is 30.3 Å². The number of aryl methyl sites for hydroxylation is 2. The summed E-state index contributed by atoms with van der Waals surface area (Å²) in [7, 11) is 0. The normalized spacial score (nSPS) is 14.4. The van der Waals surface area contributed by atoms with Crippen LogP contribution in [0.3, 0.4) is 0 Å². The van der Waals surface area contributed by atoms with Crippen molar-refractivity contribution in [2.45, 2.75) is 27.3 Å². The van der Waals surface area contributed by atoms with E-state index in [0.29, 0.717) is 21.8 Å². The maximum atomic E-state index is 13.3. The fourth-order valence-corrected chi connectivity index (χ4v) is 3.69. The summed E-state index contributed by atoms with van der Waals surface area (Å²) in [6.45, 7) is 9.50. The van der Waals surface area contributed by atoms with Crippen molar-refractivity contribution in [1.82, 2.24) is 10.0 Å². The van der Waals surface area contributed by atoms with E-state index in [1.807, 2.05) is 32.0 Å². The Morgan fingerprint density at radius 1 is 1.18 bits per heavy atom. The molecule has 1 aliphatic heterocycles. The van der Waals surface area contributed by atoms with Crippen LogP contribution in [0.4, 0.5) is 5.69 Å². The number of benzene rings is 2. The molecule has 4 rings (SSSR count). The molecule has 0 radical (unpaired) electrons. The smallest absolute Gasteiger partial charge is 0.264 e. The summed E-state index contributed by atoms with van der Waals surface area (Å²) in [5, 5.41) is 4.14. The van der Waals surface area contributed by atoms with E-state index in [9.17, 15) is 9.59 Å². The third-order valence-corrected chi connectivity index (χ3v) is 5.81. The van der Waals surface area contributed by atoms with Gasteiger partial charge in [-0.05, 0) is 73.5 Å². The highest BCUT2D eigenvalue weighted by molar-refractivity contribution is 6.30. The molecule has 0 fully saturated rings. The Hall–Kier alpha value is -3.84. The second kappa shape index (κ2) is 8.96. The lowest BCUT2D eigenvalue weighted by Gasteiger charge is -2.13. The molecule has 33 heavy (non-hydrogen) atoms. The zero-order chi connectivity index (χ0) is 23.7. The Labute approximate surface area is 195 Å². The predicted molar refractivity (Wildman–Crippen MR) is 130 cm³/mol. The lowest BCUT2D eigenvalue weighted by atomic mass is 10.1. The van der Waals surface area contributed by atoms with Crippen LogP contribution < -0.4 is 26.8 Å². The first-order chi connectivity index (χ1) is 15.7. The molecule has 2 heterocycles. The summed E-state index contributed by atoms with van der Waals surface area (Å²) in [5.74, 6) is 0.233. The molecular formula is C25H23ClN4O3. The van der Waals surface area contributed by atoms with Crippen LogP contribution in [0.25, 0.3) is 12.5 Å². The minimum Gasteiger partial charge on any atom is -0.359 e. The van der Waals surface area contributed by atoms with Gasteiger partial charge < -0.3 is 14.7 Å². The summed E-state index contributed by atoms with van der Waals surface area (Å²) in [6.07, 6.45) is 0. The highest BCUT2D eigenvalue weighted by Crippen LogP contribution is 2.18. The minimum absolute atomic E-state index is 0.0960. The summed E-state index contributed by atoms with van der Waals surface area (Å²) in [5.41, 5.74) is 6.45. The van der Waals surface area contributed by atoms with Crippen LogP contribution in [-0.4, -0.2) is 16.3 Å². The number of hydroxylamine groups is 1. The molecule has 7 nitrogen and oxygen atoms in total. The number of carbonyl (C=O) groups is 1. The number of rotatable bonds is 4. The average molecular weight is 463 g/mol. The second-order valence-corrected chi connectivity index (χ2v) is 8.29. The predicted octanol–water partition coefficient (Wildman–Crippen LogP) is 2.52. The molecule has 2 N–H and O–H groups in total. The lowest BCUT2D eigenvalue weighted by Crippen LogP contribution is -2.47. The number of amidine groups is 1. The molecule has 0 bridgehead atoms. The largest absolute Gasteiger partial charge is 0.359 e. The first kappa shape index (κ1) is 22.4. The van der Waals surface area contributed by atoms with E-state index < -0.39 is 5.56 Å². The van der Waals surface area contributed by atoms with E-state index in [4.69, 9.17) is 16.4 Å². The van der Waals surface area contributed by atoms with Gasteiger partial charge in [0, 0.05) is 22.0 Å². The minimum atomic E-state index is -0.408. The van der Waals surface area contributed by atoms with Crippen molar-refractivity contribution in [3.8, 4) is 0 Å². The molecule has 0 unspecified atom stereocenters. The zero-order valence-electron chi connectivity index (χ0n) is 18.5. The fourth-order valence-electron chi connectivity index (χ4n) is 3.56. The van der Waals surface area contributed by atoms with Crippen LogP contribution >= 0.6 is 11.6 Å². The highest BCUT2D eigenvalue weighted by Gasteiger charge is 2.18. The van der Waals surface area contributed by atoms with Crippen LogP contribution in [0.1, 0.15) is 22.4 Å². The van der Waals surface area contributed by atoms with Gasteiger partial charge in [0.25, 0.3) is 11.4 Å². The van der Waals surface area contributed by atoms with Gasteiger partial charge in [-0.15, -0.1) is 0 Å². The average Bonchev–Trinajstić information content (AvgIpc) is 3.24. The number of amides is 1. The van der Waals surface area contributed by atoms with Gasteiger partial charge in [0.15, 0.2) is 5.84 Å². The first-order valence-electron chi connectivity index (χ1n) is 10.3. The quantitative estimate of drug-likeness (QED) is 0.624. The highest BCUT2D eigenvalue weighted by atomic mass is 35.5. The zero-order valence-corrected chi connectivity index (χ0v) is 19.3. The van der Waals surface area contributed by atoms with E-state index in [0.717, 1.165) is 22.4 Å². The Kier molecular flexibility index (Phi) is 6.07. The van der Waals surface area contributed by atoms with E-state index in [1.165, 1.54) is 4.57 Å². The SMILES string of the molecule is C=c1cc(C)n(CC(=O)Nc2cccc(C)c2C)c(=O)c1=C1N=C(c2ccc(Cl)cc2)NO1. The number of anilines is 1. The number of halogens is 1. The van der Waals surface area contributed by atoms with Gasteiger partial charge >= 0.3 is 0 Å². The molecule has 1 aliphatic rings. The van der Waals surface area contributed by atoms with Crippen molar-refractivity contribution in [2.24, 2.45) is 4.99 Å². The molecular weight excluding hydrogens is 440 g/mol. The van der Waals surface area contributed by atoms with Gasteiger partial charge in [-0.3, -0.25) is 9.59 Å².